The fourth-order valence-corrected chi connectivity index (χ4v) is 4.06. The first kappa shape index (κ1) is 22.0. The van der Waals surface area contributed by atoms with E-state index in [2.05, 4.69) is 10.3 Å². The van der Waals surface area contributed by atoms with Crippen LogP contribution < -0.4 is 14.8 Å². The first-order valence-electron chi connectivity index (χ1n) is 10.3. The van der Waals surface area contributed by atoms with Crippen molar-refractivity contribution in [2.24, 2.45) is 0 Å². The maximum Gasteiger partial charge on any atom is 0.270 e. The monoisotopic (exact) mass is 456 g/mol. The average Bonchev–Trinajstić information content (AvgIpc) is 3.23. The summed E-state index contributed by atoms with van der Waals surface area (Å²) in [6, 6.07) is 12.9. The molecule has 32 heavy (non-hydrogen) atoms. The minimum Gasteiger partial charge on any atom is -0.495 e. The molecule has 1 aliphatic rings. The molecule has 1 aromatic heterocycles. The summed E-state index contributed by atoms with van der Waals surface area (Å²) in [5.74, 6) is 0.730. The zero-order valence-electron chi connectivity index (χ0n) is 18.0. The number of hydrogen-bond donors (Lipinski definition) is 2. The van der Waals surface area contributed by atoms with Crippen molar-refractivity contribution in [2.75, 3.05) is 52.3 Å². The lowest BCUT2D eigenvalue weighted by Gasteiger charge is -2.34. The quantitative estimate of drug-likeness (QED) is 0.594. The van der Waals surface area contributed by atoms with Gasteiger partial charge in [0.1, 0.15) is 17.2 Å². The van der Waals surface area contributed by atoms with Crippen LogP contribution in [0.2, 0.25) is 5.02 Å². The number of carbonyl (C=O) groups is 2. The SMILES string of the molecule is COc1cc(OC)c(NC(=O)CN2CCN(C(=O)c3cc4ccccc4[nH]3)CC2)cc1Cl. The Hall–Kier alpha value is -3.23. The summed E-state index contributed by atoms with van der Waals surface area (Å²) in [6.07, 6.45) is 0. The van der Waals surface area contributed by atoms with Gasteiger partial charge in [0, 0.05) is 43.1 Å². The van der Waals surface area contributed by atoms with E-state index in [4.69, 9.17) is 21.1 Å². The second kappa shape index (κ2) is 9.50. The van der Waals surface area contributed by atoms with E-state index in [9.17, 15) is 9.59 Å². The number of fused-ring (bicyclic) bond motifs is 1. The van der Waals surface area contributed by atoms with Gasteiger partial charge in [0.05, 0.1) is 31.5 Å². The van der Waals surface area contributed by atoms with Crippen molar-refractivity contribution in [1.82, 2.24) is 14.8 Å². The number of piperazine rings is 1. The zero-order valence-corrected chi connectivity index (χ0v) is 18.7. The highest BCUT2D eigenvalue weighted by molar-refractivity contribution is 6.32. The second-order valence-electron chi connectivity index (χ2n) is 7.57. The number of halogens is 1. The number of carbonyl (C=O) groups excluding carboxylic acids is 2. The highest BCUT2D eigenvalue weighted by atomic mass is 35.5. The Bertz CT molecular complexity index is 1110. The minimum absolute atomic E-state index is 0.0251. The molecule has 0 radical (unpaired) electrons. The Morgan fingerprint density at radius 1 is 1.03 bits per heavy atom. The number of hydrogen-bond acceptors (Lipinski definition) is 5. The van der Waals surface area contributed by atoms with E-state index < -0.39 is 0 Å². The molecule has 0 bridgehead atoms. The third kappa shape index (κ3) is 4.66. The predicted molar refractivity (Wildman–Crippen MR) is 124 cm³/mol. The van der Waals surface area contributed by atoms with E-state index >= 15 is 0 Å². The number of nitrogens with zero attached hydrogens (tertiary/aromatic N) is 2. The number of aromatic amines is 1. The zero-order chi connectivity index (χ0) is 22.7. The van der Waals surface area contributed by atoms with Crippen molar-refractivity contribution in [3.05, 3.63) is 53.2 Å². The van der Waals surface area contributed by atoms with Crippen molar-refractivity contribution in [2.45, 2.75) is 0 Å². The Labute approximate surface area is 191 Å². The van der Waals surface area contributed by atoms with Gasteiger partial charge in [0.25, 0.3) is 5.91 Å². The number of aromatic nitrogens is 1. The van der Waals surface area contributed by atoms with Gasteiger partial charge in [0.2, 0.25) is 5.91 Å². The average molecular weight is 457 g/mol. The van der Waals surface area contributed by atoms with Gasteiger partial charge in [-0.25, -0.2) is 0 Å². The van der Waals surface area contributed by atoms with Crippen LogP contribution in [0.4, 0.5) is 5.69 Å². The van der Waals surface area contributed by atoms with Crippen molar-refractivity contribution < 1.29 is 19.1 Å². The molecule has 0 atom stereocenters. The van der Waals surface area contributed by atoms with Crippen LogP contribution in [0.3, 0.4) is 0 Å². The van der Waals surface area contributed by atoms with Gasteiger partial charge >= 0.3 is 0 Å². The first-order valence-corrected chi connectivity index (χ1v) is 10.7. The standard InChI is InChI=1S/C23H25ClN4O4/c1-31-20-13-21(32-2)18(12-16(20)24)26-22(29)14-27-7-9-28(10-8-27)23(30)19-11-15-5-3-4-6-17(15)25-19/h3-6,11-13,25H,7-10,14H2,1-2H3,(H,26,29). The number of para-hydroxylation sites is 1. The summed E-state index contributed by atoms with van der Waals surface area (Å²) in [4.78, 5) is 32.5. The van der Waals surface area contributed by atoms with E-state index in [1.165, 1.54) is 14.2 Å². The van der Waals surface area contributed by atoms with E-state index in [0.717, 1.165) is 10.9 Å². The number of rotatable bonds is 6. The summed E-state index contributed by atoms with van der Waals surface area (Å²) in [5, 5.41) is 4.24. The molecule has 168 valence electrons. The van der Waals surface area contributed by atoms with Gasteiger partial charge in [0.15, 0.2) is 0 Å². The van der Waals surface area contributed by atoms with Crippen LogP contribution in [0.25, 0.3) is 10.9 Å². The molecular weight excluding hydrogens is 432 g/mol. The third-order valence-electron chi connectivity index (χ3n) is 5.54. The lowest BCUT2D eigenvalue weighted by atomic mass is 10.2. The summed E-state index contributed by atoms with van der Waals surface area (Å²) >= 11 is 6.17. The van der Waals surface area contributed by atoms with Crippen LogP contribution in [-0.4, -0.2) is 73.5 Å². The number of anilines is 1. The molecule has 3 aromatic rings. The molecule has 9 heteroatoms. The second-order valence-corrected chi connectivity index (χ2v) is 7.98. The number of H-pyrrole nitrogens is 1. The molecule has 8 nitrogen and oxygen atoms in total. The summed E-state index contributed by atoms with van der Waals surface area (Å²) in [6.45, 7) is 2.54. The lowest BCUT2D eigenvalue weighted by molar-refractivity contribution is -0.117. The third-order valence-corrected chi connectivity index (χ3v) is 5.83. The van der Waals surface area contributed by atoms with Crippen LogP contribution in [0.15, 0.2) is 42.5 Å². The molecule has 2 amide bonds. The lowest BCUT2D eigenvalue weighted by Crippen LogP contribution is -2.50. The molecule has 1 saturated heterocycles. The van der Waals surface area contributed by atoms with Gasteiger partial charge in [-0.05, 0) is 18.2 Å². The first-order chi connectivity index (χ1) is 15.5. The highest BCUT2D eigenvalue weighted by Crippen LogP contribution is 2.35. The summed E-state index contributed by atoms with van der Waals surface area (Å²) in [7, 11) is 3.03. The topological polar surface area (TPSA) is 86.9 Å². The molecule has 0 saturated carbocycles. The van der Waals surface area contributed by atoms with Crippen LogP contribution in [0.1, 0.15) is 10.5 Å². The summed E-state index contributed by atoms with van der Waals surface area (Å²) in [5.41, 5.74) is 2.01. The van der Waals surface area contributed by atoms with Crippen LogP contribution in [0, 0.1) is 0 Å². The van der Waals surface area contributed by atoms with Gasteiger partial charge < -0.3 is 24.7 Å². The Morgan fingerprint density at radius 2 is 1.75 bits per heavy atom. The fraction of sp³-hybridized carbons (Fsp3) is 0.304. The van der Waals surface area contributed by atoms with Crippen molar-refractivity contribution in [3.8, 4) is 11.5 Å². The normalized spacial score (nSPS) is 14.4. The van der Waals surface area contributed by atoms with Gasteiger partial charge in [-0.1, -0.05) is 29.8 Å². The maximum absolute atomic E-state index is 12.9. The van der Waals surface area contributed by atoms with Gasteiger partial charge in [-0.15, -0.1) is 0 Å². The highest BCUT2D eigenvalue weighted by Gasteiger charge is 2.24. The number of methoxy groups -OCH3 is 2. The van der Waals surface area contributed by atoms with E-state index in [0.29, 0.717) is 54.1 Å². The number of amides is 2. The van der Waals surface area contributed by atoms with E-state index in [1.54, 1.807) is 12.1 Å². The number of nitrogens with one attached hydrogen (secondary N) is 2. The minimum atomic E-state index is -0.181. The fourth-order valence-electron chi connectivity index (χ4n) is 3.82. The van der Waals surface area contributed by atoms with E-state index in [1.807, 2.05) is 40.1 Å². The van der Waals surface area contributed by atoms with E-state index in [-0.39, 0.29) is 18.4 Å². The molecule has 1 fully saturated rings. The van der Waals surface area contributed by atoms with Crippen molar-refractivity contribution >= 4 is 40.0 Å². The van der Waals surface area contributed by atoms with Crippen LogP contribution >= 0.6 is 11.6 Å². The molecule has 2 aromatic carbocycles. The maximum atomic E-state index is 12.9. The predicted octanol–water partition coefficient (Wildman–Crippen LogP) is 3.24. The summed E-state index contributed by atoms with van der Waals surface area (Å²) < 4.78 is 10.5. The molecule has 0 unspecified atom stereocenters. The Kier molecular flexibility index (Phi) is 6.53. The number of benzene rings is 2. The largest absolute Gasteiger partial charge is 0.495 e. The molecule has 0 spiro atoms. The van der Waals surface area contributed by atoms with Gasteiger partial charge in [-0.2, -0.15) is 0 Å². The van der Waals surface area contributed by atoms with Crippen LogP contribution in [0.5, 0.6) is 11.5 Å². The molecular formula is C23H25ClN4O4. The Balaban J connectivity index is 1.32. The molecule has 2 N–H and O–H groups in total. The molecule has 2 heterocycles. The molecule has 4 rings (SSSR count). The molecule has 0 aliphatic carbocycles. The van der Waals surface area contributed by atoms with Crippen molar-refractivity contribution in [1.29, 1.82) is 0 Å². The smallest absolute Gasteiger partial charge is 0.270 e. The van der Waals surface area contributed by atoms with Crippen LogP contribution in [-0.2, 0) is 4.79 Å². The molecule has 1 aliphatic heterocycles. The Morgan fingerprint density at radius 3 is 2.44 bits per heavy atom. The van der Waals surface area contributed by atoms with Gasteiger partial charge in [-0.3, -0.25) is 14.5 Å². The van der Waals surface area contributed by atoms with Crippen molar-refractivity contribution in [3.63, 3.8) is 0 Å². The number of ether oxygens (including phenoxy) is 2.